The van der Waals surface area contributed by atoms with Gasteiger partial charge in [-0.25, -0.2) is 0 Å². The number of benzene rings is 3. The summed E-state index contributed by atoms with van der Waals surface area (Å²) in [5, 5.41) is 5.77. The van der Waals surface area contributed by atoms with Crippen molar-refractivity contribution in [1.82, 2.24) is 0 Å². The fourth-order valence-corrected chi connectivity index (χ4v) is 2.55. The van der Waals surface area contributed by atoms with Crippen molar-refractivity contribution in [2.75, 3.05) is 17.2 Å². The average Bonchev–Trinajstić information content (AvgIpc) is 2.73. The molecule has 0 saturated carbocycles. The van der Waals surface area contributed by atoms with E-state index >= 15 is 0 Å². The molecule has 6 heteroatoms. The van der Waals surface area contributed by atoms with Crippen LogP contribution in [0.2, 0.25) is 0 Å². The molecule has 2 amide bonds. The topological polar surface area (TPSA) is 93.5 Å². The van der Waals surface area contributed by atoms with Crippen LogP contribution in [0.15, 0.2) is 78.9 Å². The van der Waals surface area contributed by atoms with Gasteiger partial charge in [0.15, 0.2) is 0 Å². The maximum absolute atomic E-state index is 12.1. The highest BCUT2D eigenvalue weighted by Crippen LogP contribution is 2.17. The molecule has 0 saturated heterocycles. The second kappa shape index (κ2) is 9.23. The summed E-state index contributed by atoms with van der Waals surface area (Å²) in [7, 11) is 0. The van der Waals surface area contributed by atoms with Gasteiger partial charge in [0.1, 0.15) is 12.4 Å². The van der Waals surface area contributed by atoms with Gasteiger partial charge in [0, 0.05) is 16.9 Å². The van der Waals surface area contributed by atoms with Crippen molar-refractivity contribution >= 4 is 23.2 Å². The monoisotopic (exact) mass is 375 g/mol. The molecule has 142 valence electrons. The SMILES string of the molecule is NC(=O)c1cccc(NCC(=O)Nc2ccc(OCc3ccccc3)cc2)c1. The first-order chi connectivity index (χ1) is 13.6. The zero-order valence-corrected chi connectivity index (χ0v) is 15.2. The Kier molecular flexibility index (Phi) is 6.25. The average molecular weight is 375 g/mol. The lowest BCUT2D eigenvalue weighted by Crippen LogP contribution is -2.22. The highest BCUT2D eigenvalue weighted by atomic mass is 16.5. The van der Waals surface area contributed by atoms with Crippen molar-refractivity contribution in [3.8, 4) is 5.75 Å². The molecule has 3 rings (SSSR count). The molecule has 0 bridgehead atoms. The van der Waals surface area contributed by atoms with Crippen LogP contribution in [-0.4, -0.2) is 18.4 Å². The Hall–Kier alpha value is -3.80. The number of hydrogen-bond acceptors (Lipinski definition) is 4. The summed E-state index contributed by atoms with van der Waals surface area (Å²) in [6, 6.07) is 23.8. The third-order valence-corrected chi connectivity index (χ3v) is 3.99. The van der Waals surface area contributed by atoms with E-state index in [-0.39, 0.29) is 12.5 Å². The number of amides is 2. The summed E-state index contributed by atoms with van der Waals surface area (Å²) >= 11 is 0. The summed E-state index contributed by atoms with van der Waals surface area (Å²) in [5.74, 6) is 0.00773. The fourth-order valence-electron chi connectivity index (χ4n) is 2.55. The van der Waals surface area contributed by atoms with E-state index in [9.17, 15) is 9.59 Å². The molecular weight excluding hydrogens is 354 g/mol. The Bertz CT molecular complexity index is 941. The molecular formula is C22H21N3O3. The highest BCUT2D eigenvalue weighted by molar-refractivity contribution is 5.95. The van der Waals surface area contributed by atoms with Crippen LogP contribution in [-0.2, 0) is 11.4 Å². The van der Waals surface area contributed by atoms with Gasteiger partial charge in [-0.2, -0.15) is 0 Å². The highest BCUT2D eigenvalue weighted by Gasteiger charge is 2.05. The maximum Gasteiger partial charge on any atom is 0.248 e. The number of ether oxygens (including phenoxy) is 1. The minimum Gasteiger partial charge on any atom is -0.489 e. The van der Waals surface area contributed by atoms with Crippen LogP contribution < -0.4 is 21.1 Å². The minimum atomic E-state index is -0.511. The Labute approximate surface area is 163 Å². The molecule has 4 N–H and O–H groups in total. The van der Waals surface area contributed by atoms with Crippen molar-refractivity contribution < 1.29 is 14.3 Å². The first-order valence-electron chi connectivity index (χ1n) is 8.80. The van der Waals surface area contributed by atoms with E-state index in [1.807, 2.05) is 42.5 Å². The van der Waals surface area contributed by atoms with E-state index in [1.54, 1.807) is 36.4 Å². The van der Waals surface area contributed by atoms with Crippen LogP contribution in [0.5, 0.6) is 5.75 Å². The molecule has 0 fully saturated rings. The van der Waals surface area contributed by atoms with Crippen molar-refractivity contribution in [1.29, 1.82) is 0 Å². The third kappa shape index (κ3) is 5.60. The predicted molar refractivity (Wildman–Crippen MR) is 109 cm³/mol. The number of anilines is 2. The Morgan fingerprint density at radius 3 is 2.32 bits per heavy atom. The smallest absolute Gasteiger partial charge is 0.248 e. The summed E-state index contributed by atoms with van der Waals surface area (Å²) in [6.07, 6.45) is 0. The Balaban J connectivity index is 1.47. The lowest BCUT2D eigenvalue weighted by Gasteiger charge is -2.10. The Morgan fingerprint density at radius 1 is 0.857 bits per heavy atom. The van der Waals surface area contributed by atoms with Gasteiger partial charge in [0.25, 0.3) is 0 Å². The lowest BCUT2D eigenvalue weighted by atomic mass is 10.2. The molecule has 0 heterocycles. The molecule has 3 aromatic carbocycles. The molecule has 28 heavy (non-hydrogen) atoms. The molecule has 6 nitrogen and oxygen atoms in total. The van der Waals surface area contributed by atoms with Gasteiger partial charge in [-0.3, -0.25) is 9.59 Å². The van der Waals surface area contributed by atoms with Crippen LogP contribution in [0.3, 0.4) is 0 Å². The Morgan fingerprint density at radius 2 is 1.61 bits per heavy atom. The molecule has 0 spiro atoms. The summed E-state index contributed by atoms with van der Waals surface area (Å²) in [4.78, 5) is 23.3. The van der Waals surface area contributed by atoms with E-state index in [1.165, 1.54) is 0 Å². The number of rotatable bonds is 8. The first kappa shape index (κ1) is 19.0. The largest absolute Gasteiger partial charge is 0.489 e. The zero-order valence-electron chi connectivity index (χ0n) is 15.2. The van der Waals surface area contributed by atoms with Gasteiger partial charge in [0.2, 0.25) is 11.8 Å². The van der Waals surface area contributed by atoms with Crippen molar-refractivity contribution in [3.63, 3.8) is 0 Å². The van der Waals surface area contributed by atoms with Gasteiger partial charge in [-0.1, -0.05) is 36.4 Å². The van der Waals surface area contributed by atoms with Crippen LogP contribution >= 0.6 is 0 Å². The molecule has 3 aromatic rings. The van der Waals surface area contributed by atoms with Gasteiger partial charge >= 0.3 is 0 Å². The third-order valence-electron chi connectivity index (χ3n) is 3.99. The van der Waals surface area contributed by atoms with Gasteiger partial charge in [0.05, 0.1) is 6.54 Å². The summed E-state index contributed by atoms with van der Waals surface area (Å²) in [5.41, 5.74) is 8.05. The van der Waals surface area contributed by atoms with E-state index in [2.05, 4.69) is 10.6 Å². The molecule has 0 aromatic heterocycles. The van der Waals surface area contributed by atoms with E-state index < -0.39 is 5.91 Å². The number of carbonyl (C=O) groups is 2. The van der Waals surface area contributed by atoms with Crippen LogP contribution in [0.25, 0.3) is 0 Å². The minimum absolute atomic E-state index is 0.0640. The lowest BCUT2D eigenvalue weighted by molar-refractivity contribution is -0.114. The maximum atomic E-state index is 12.1. The molecule has 0 unspecified atom stereocenters. The molecule has 0 atom stereocenters. The number of hydrogen-bond donors (Lipinski definition) is 3. The molecule has 0 aliphatic rings. The van der Waals surface area contributed by atoms with Crippen LogP contribution in [0.1, 0.15) is 15.9 Å². The van der Waals surface area contributed by atoms with Crippen LogP contribution in [0, 0.1) is 0 Å². The zero-order chi connectivity index (χ0) is 19.8. The number of carbonyl (C=O) groups excluding carboxylic acids is 2. The number of nitrogens with one attached hydrogen (secondary N) is 2. The molecule has 0 aliphatic heterocycles. The van der Waals surface area contributed by atoms with E-state index in [4.69, 9.17) is 10.5 Å². The van der Waals surface area contributed by atoms with E-state index in [0.29, 0.717) is 23.5 Å². The van der Waals surface area contributed by atoms with Gasteiger partial charge in [-0.15, -0.1) is 0 Å². The molecule has 0 radical (unpaired) electrons. The number of primary amides is 1. The quantitative estimate of drug-likeness (QED) is 0.562. The van der Waals surface area contributed by atoms with Gasteiger partial charge < -0.3 is 21.1 Å². The summed E-state index contributed by atoms with van der Waals surface area (Å²) in [6.45, 7) is 0.551. The van der Waals surface area contributed by atoms with Crippen molar-refractivity contribution in [3.05, 3.63) is 90.0 Å². The van der Waals surface area contributed by atoms with E-state index in [0.717, 1.165) is 11.3 Å². The summed E-state index contributed by atoms with van der Waals surface area (Å²) < 4.78 is 5.73. The first-order valence-corrected chi connectivity index (χ1v) is 8.80. The molecule has 0 aliphatic carbocycles. The predicted octanol–water partition coefficient (Wildman–Crippen LogP) is 3.42. The van der Waals surface area contributed by atoms with Crippen molar-refractivity contribution in [2.45, 2.75) is 6.61 Å². The van der Waals surface area contributed by atoms with Crippen LogP contribution in [0.4, 0.5) is 11.4 Å². The van der Waals surface area contributed by atoms with Crippen molar-refractivity contribution in [2.24, 2.45) is 5.73 Å². The normalized spacial score (nSPS) is 10.1. The number of nitrogens with two attached hydrogens (primary N) is 1. The second-order valence-corrected chi connectivity index (χ2v) is 6.15. The standard InChI is InChI=1S/C22H21N3O3/c23-22(27)17-7-4-8-19(13-17)24-14-21(26)25-18-9-11-20(12-10-18)28-15-16-5-2-1-3-6-16/h1-13,24H,14-15H2,(H2,23,27)(H,25,26). The van der Waals surface area contributed by atoms with Gasteiger partial charge in [-0.05, 0) is 48.0 Å². The second-order valence-electron chi connectivity index (χ2n) is 6.15. The fraction of sp³-hybridized carbons (Fsp3) is 0.0909.